The van der Waals surface area contributed by atoms with Crippen LogP contribution in [0.1, 0.15) is 192 Å². The summed E-state index contributed by atoms with van der Waals surface area (Å²) in [5.41, 5.74) is 12.4. The van der Waals surface area contributed by atoms with Crippen molar-refractivity contribution in [3.05, 3.63) is 148 Å². The van der Waals surface area contributed by atoms with Gasteiger partial charge in [-0.1, -0.05) is 30.7 Å². The molecule has 8 nitrogen and oxygen atoms in total. The molecule has 0 aliphatic carbocycles. The summed E-state index contributed by atoms with van der Waals surface area (Å²) in [4.78, 5) is 14.9. The summed E-state index contributed by atoms with van der Waals surface area (Å²) in [5.74, 6) is 0. The molecule has 0 N–H and O–H groups in total. The van der Waals surface area contributed by atoms with Crippen LogP contribution < -0.4 is 13.7 Å². The largest absolute Gasteiger partial charge is 0.299 e. The third kappa shape index (κ3) is 17.3. The number of aromatic nitrogens is 3. The van der Waals surface area contributed by atoms with Gasteiger partial charge in [-0.2, -0.15) is 0 Å². The van der Waals surface area contributed by atoms with Gasteiger partial charge >= 0.3 is 0 Å². The van der Waals surface area contributed by atoms with E-state index in [-0.39, 0.29) is 0 Å². The van der Waals surface area contributed by atoms with Gasteiger partial charge in [0.2, 0.25) is 0 Å². The second kappa shape index (κ2) is 30.6. The zero-order chi connectivity index (χ0) is 52.0. The predicted molar refractivity (Wildman–Crippen MR) is 312 cm³/mol. The van der Waals surface area contributed by atoms with E-state index in [1.165, 1.54) is 196 Å². The van der Waals surface area contributed by atoms with Crippen molar-refractivity contribution in [1.82, 2.24) is 19.6 Å². The minimum atomic E-state index is 0.558. The number of aliphatic imine (C=N–C) groups is 1. The predicted octanol–water partition coefficient (Wildman–Crippen LogP) is 12.5. The standard InChI is InChI=1S/C67H101N8/c1-6-56(64-35-23-41-69(64)2)31-19-40-68-39-15-7-11-27-57-51-59(29-13-9-17-46-74-49-21-33-62(54-74)66-37-25-43-71(66)4)60(30-14-10-18-47-75-50-22-34-63(55-75)67-38-26-44-72(67)5)52-58(57)28-12-8-16-45-73-48-20-32-61(53-73)65-36-24-42-70(65)3/h6,19-22,31-34,40,48-55,64-67H,7-18,23-30,35-39,41-47H2,1-5H3/q+3/b31-19-,56-6+,68-40+. The smallest absolute Gasteiger partial charge is 0.173 e. The molecule has 75 heavy (non-hydrogen) atoms. The number of aryl methyl sites for hydroxylation is 7. The van der Waals surface area contributed by atoms with E-state index in [2.05, 4.69) is 172 Å². The fraction of sp³-hybridized carbons (Fsp3) is 0.612. The third-order valence-corrected chi connectivity index (χ3v) is 17.9. The van der Waals surface area contributed by atoms with Crippen molar-refractivity contribution in [3.63, 3.8) is 0 Å². The Hall–Kier alpha value is -4.34. The number of hydrogen-bond acceptors (Lipinski definition) is 5. The summed E-state index contributed by atoms with van der Waals surface area (Å²) in [5, 5.41) is 0. The summed E-state index contributed by atoms with van der Waals surface area (Å²) in [6.45, 7) is 11.3. The summed E-state index contributed by atoms with van der Waals surface area (Å²) < 4.78 is 7.39. The summed E-state index contributed by atoms with van der Waals surface area (Å²) in [6, 6.07) is 21.6. The van der Waals surface area contributed by atoms with E-state index in [1.807, 2.05) is 6.21 Å². The van der Waals surface area contributed by atoms with Crippen LogP contribution in [0.15, 0.2) is 115 Å². The number of unbranched alkanes of at least 4 members (excludes halogenated alkanes) is 8. The third-order valence-electron chi connectivity index (χ3n) is 17.9. The summed E-state index contributed by atoms with van der Waals surface area (Å²) >= 11 is 0. The highest BCUT2D eigenvalue weighted by atomic mass is 15.2. The van der Waals surface area contributed by atoms with Crippen molar-refractivity contribution in [3.8, 4) is 0 Å². The second-order valence-corrected chi connectivity index (χ2v) is 23.5. The second-order valence-electron chi connectivity index (χ2n) is 23.5. The Morgan fingerprint density at radius 2 is 0.880 bits per heavy atom. The lowest BCUT2D eigenvalue weighted by molar-refractivity contribution is -0.698. The molecule has 406 valence electrons. The van der Waals surface area contributed by atoms with E-state index in [1.54, 1.807) is 22.3 Å². The summed E-state index contributed by atoms with van der Waals surface area (Å²) in [7, 11) is 9.13. The minimum absolute atomic E-state index is 0.558. The average Bonchev–Trinajstić information content (AvgIpc) is 4.26. The van der Waals surface area contributed by atoms with Crippen molar-refractivity contribution in [2.24, 2.45) is 4.99 Å². The number of hydrogen-bond donors (Lipinski definition) is 0. The molecule has 4 aliphatic rings. The zero-order valence-electron chi connectivity index (χ0n) is 47.9. The lowest BCUT2D eigenvalue weighted by Crippen LogP contribution is -2.34. The van der Waals surface area contributed by atoms with E-state index >= 15 is 0 Å². The van der Waals surface area contributed by atoms with Crippen molar-refractivity contribution < 1.29 is 13.7 Å². The highest BCUT2D eigenvalue weighted by Crippen LogP contribution is 2.32. The first kappa shape index (κ1) is 56.9. The molecule has 0 spiro atoms. The first-order valence-electron chi connectivity index (χ1n) is 30.6. The lowest BCUT2D eigenvalue weighted by atomic mass is 9.88. The van der Waals surface area contributed by atoms with E-state index < -0.39 is 0 Å². The van der Waals surface area contributed by atoms with Crippen LogP contribution in [0.2, 0.25) is 0 Å². The molecule has 8 rings (SSSR count). The molecule has 1 aromatic carbocycles. The maximum absolute atomic E-state index is 4.83. The van der Waals surface area contributed by atoms with Crippen LogP contribution in [0.3, 0.4) is 0 Å². The summed E-state index contributed by atoms with van der Waals surface area (Å²) in [6.07, 6.45) is 53.0. The van der Waals surface area contributed by atoms with Gasteiger partial charge in [-0.25, -0.2) is 13.7 Å². The Bertz CT molecular complexity index is 2420. The van der Waals surface area contributed by atoms with Crippen LogP contribution in [0.4, 0.5) is 0 Å². The maximum atomic E-state index is 4.83. The van der Waals surface area contributed by atoms with Crippen molar-refractivity contribution in [2.75, 3.05) is 60.9 Å². The number of rotatable bonds is 30. The molecule has 3 aromatic heterocycles. The monoisotopic (exact) mass is 1020 g/mol. The van der Waals surface area contributed by atoms with Gasteiger partial charge in [0, 0.05) is 91.1 Å². The molecule has 4 atom stereocenters. The fourth-order valence-corrected chi connectivity index (χ4v) is 13.4. The number of allylic oxidation sites excluding steroid dienone is 2. The molecule has 0 saturated carbocycles. The fourth-order valence-electron chi connectivity index (χ4n) is 13.4. The van der Waals surface area contributed by atoms with Gasteiger partial charge in [0.15, 0.2) is 37.2 Å². The molecule has 0 bridgehead atoms. The zero-order valence-corrected chi connectivity index (χ0v) is 47.9. The maximum Gasteiger partial charge on any atom is 0.173 e. The molecule has 7 heterocycles. The van der Waals surface area contributed by atoms with E-state index in [0.29, 0.717) is 24.2 Å². The molecule has 4 saturated heterocycles. The van der Waals surface area contributed by atoms with Crippen LogP contribution in [0.25, 0.3) is 0 Å². The molecule has 0 radical (unpaired) electrons. The van der Waals surface area contributed by atoms with Gasteiger partial charge in [-0.3, -0.25) is 24.6 Å². The molecule has 0 amide bonds. The number of nitrogens with zero attached hydrogens (tertiary/aromatic N) is 8. The van der Waals surface area contributed by atoms with E-state index in [4.69, 9.17) is 4.99 Å². The van der Waals surface area contributed by atoms with Crippen LogP contribution >= 0.6 is 0 Å². The van der Waals surface area contributed by atoms with Crippen molar-refractivity contribution in [2.45, 2.75) is 205 Å². The Morgan fingerprint density at radius 1 is 0.493 bits per heavy atom. The number of benzene rings is 1. The van der Waals surface area contributed by atoms with Gasteiger partial charge in [-0.05, 0) is 242 Å². The first-order valence-corrected chi connectivity index (χ1v) is 30.6. The Kier molecular flexibility index (Phi) is 23.2. The minimum Gasteiger partial charge on any atom is -0.299 e. The number of likely N-dealkylation sites (N-methyl/N-ethyl adjacent to an activating group) is 1. The topological polar surface area (TPSA) is 37.0 Å². The Balaban J connectivity index is 0.901. The number of likely N-dealkylation sites (tertiary alicyclic amines) is 4. The molecular weight excluding hydrogens is 917 g/mol. The average molecular weight is 1020 g/mol. The Morgan fingerprint density at radius 3 is 1.24 bits per heavy atom. The highest BCUT2D eigenvalue weighted by Gasteiger charge is 2.27. The quantitative estimate of drug-likeness (QED) is 0.0226. The van der Waals surface area contributed by atoms with Gasteiger partial charge in [0.1, 0.15) is 19.6 Å². The van der Waals surface area contributed by atoms with Crippen molar-refractivity contribution in [1.29, 1.82) is 0 Å². The van der Waals surface area contributed by atoms with Gasteiger partial charge < -0.3 is 0 Å². The molecule has 4 fully saturated rings. The van der Waals surface area contributed by atoms with E-state index in [0.717, 1.165) is 32.6 Å². The first-order chi connectivity index (χ1) is 36.8. The Labute approximate surface area is 456 Å². The molecule has 4 aromatic rings. The van der Waals surface area contributed by atoms with Gasteiger partial charge in [-0.15, -0.1) is 0 Å². The SMILES string of the molecule is C\C=C(/C=C\C=N\CCCCCc1cc(CCCCC[n+]2cccc(C3CCCN3C)c2)c(CCCCC[n+]2cccc(C3CCCN3C)c2)cc1CCCCC[n+]1cccc(C2CCCN2C)c1)C1CCCN1C. The van der Waals surface area contributed by atoms with Gasteiger partial charge in [0.05, 0.1) is 0 Å². The van der Waals surface area contributed by atoms with Crippen LogP contribution in [0, 0.1) is 0 Å². The molecule has 4 aliphatic heterocycles. The highest BCUT2D eigenvalue weighted by molar-refractivity contribution is 5.72. The van der Waals surface area contributed by atoms with Crippen molar-refractivity contribution >= 4 is 6.21 Å². The van der Waals surface area contributed by atoms with Crippen LogP contribution in [-0.2, 0) is 45.3 Å². The van der Waals surface area contributed by atoms with E-state index in [9.17, 15) is 0 Å². The normalized spacial score (nSPS) is 21.3. The van der Waals surface area contributed by atoms with Crippen LogP contribution in [-0.4, -0.2) is 92.8 Å². The van der Waals surface area contributed by atoms with Crippen LogP contribution in [0.5, 0.6) is 0 Å². The molecular formula is C67H101N8+3. The number of pyridine rings is 3. The van der Waals surface area contributed by atoms with Gasteiger partial charge in [0.25, 0.3) is 0 Å². The molecule has 8 heteroatoms. The lowest BCUT2D eigenvalue weighted by Gasteiger charge is -2.20. The molecule has 4 unspecified atom stereocenters.